The van der Waals surface area contributed by atoms with Crippen LogP contribution < -0.4 is 10.1 Å². The highest BCUT2D eigenvalue weighted by atomic mass is 16.5. The van der Waals surface area contributed by atoms with Gasteiger partial charge >= 0.3 is 0 Å². The minimum atomic E-state index is 0.416. The topological polar surface area (TPSA) is 49.3 Å². The average molecular weight is 389 g/mol. The largest absolute Gasteiger partial charge is 0.497 e. The van der Waals surface area contributed by atoms with Crippen LogP contribution in [0.25, 0.3) is 0 Å². The second-order valence-electron chi connectivity index (χ2n) is 8.14. The number of benzene rings is 1. The predicted octanol–water partition coefficient (Wildman–Crippen LogP) is 2.62. The third-order valence-corrected chi connectivity index (χ3v) is 6.12. The normalized spacial score (nSPS) is 26.3. The molecule has 2 fully saturated rings. The minimum Gasteiger partial charge on any atom is -0.497 e. The van der Waals surface area contributed by atoms with Crippen molar-refractivity contribution in [2.24, 2.45) is 16.8 Å². The summed E-state index contributed by atoms with van der Waals surface area (Å²) in [6.45, 7) is 4.83. The molecule has 1 aromatic carbocycles. The lowest BCUT2D eigenvalue weighted by atomic mass is 9.85. The molecule has 6 heteroatoms. The van der Waals surface area contributed by atoms with E-state index >= 15 is 0 Å². The van der Waals surface area contributed by atoms with E-state index in [1.807, 2.05) is 7.05 Å². The number of aliphatic imine (C=N–C) groups is 1. The number of piperidine rings is 1. The Hall–Kier alpha value is -1.79. The summed E-state index contributed by atoms with van der Waals surface area (Å²) >= 11 is 0. The van der Waals surface area contributed by atoms with Crippen molar-refractivity contribution < 1.29 is 9.47 Å². The van der Waals surface area contributed by atoms with Gasteiger partial charge in [0.15, 0.2) is 5.96 Å². The molecule has 0 amide bonds. The molecule has 6 nitrogen and oxygen atoms in total. The van der Waals surface area contributed by atoms with Crippen molar-refractivity contribution in [1.29, 1.82) is 0 Å². The van der Waals surface area contributed by atoms with Crippen LogP contribution in [0.15, 0.2) is 29.3 Å². The summed E-state index contributed by atoms with van der Waals surface area (Å²) in [5.74, 6) is 3.05. The summed E-state index contributed by atoms with van der Waals surface area (Å²) in [4.78, 5) is 9.24. The number of ether oxygens (including phenoxy) is 2. The molecule has 1 N–H and O–H groups in total. The fourth-order valence-electron chi connectivity index (χ4n) is 4.61. The van der Waals surface area contributed by atoms with Gasteiger partial charge in [-0.25, -0.2) is 0 Å². The van der Waals surface area contributed by atoms with E-state index in [1.165, 1.54) is 18.4 Å². The maximum Gasteiger partial charge on any atom is 0.193 e. The lowest BCUT2D eigenvalue weighted by molar-refractivity contribution is 0.122. The first kappa shape index (κ1) is 20.9. The van der Waals surface area contributed by atoms with Crippen molar-refractivity contribution >= 4 is 5.96 Å². The van der Waals surface area contributed by atoms with E-state index in [2.05, 4.69) is 58.5 Å². The van der Waals surface area contributed by atoms with Gasteiger partial charge in [0, 0.05) is 45.8 Å². The van der Waals surface area contributed by atoms with Gasteiger partial charge in [-0.3, -0.25) is 9.89 Å². The number of methoxy groups -OCH3 is 1. The number of nitrogens with one attached hydrogen (secondary N) is 1. The molecule has 3 unspecified atom stereocenters. The van der Waals surface area contributed by atoms with Crippen molar-refractivity contribution in [3.05, 3.63) is 29.8 Å². The van der Waals surface area contributed by atoms with Crippen LogP contribution in [0.3, 0.4) is 0 Å². The zero-order valence-corrected chi connectivity index (χ0v) is 17.9. The molecule has 0 spiro atoms. The van der Waals surface area contributed by atoms with E-state index in [4.69, 9.17) is 9.47 Å². The van der Waals surface area contributed by atoms with Crippen LogP contribution in [0.2, 0.25) is 0 Å². The van der Waals surface area contributed by atoms with Gasteiger partial charge in [0.05, 0.1) is 13.7 Å². The Morgan fingerprint density at radius 3 is 2.75 bits per heavy atom. The summed E-state index contributed by atoms with van der Waals surface area (Å²) in [6.07, 6.45) is 3.61. The standard InChI is InChI=1S/C22H36N4O2/c1-23-22(26(3)15-17-11-13-28-16-17)24-14-19-6-5-12-25(2)21(19)18-7-9-20(27-4)10-8-18/h7-10,17,19,21H,5-6,11-16H2,1-4H3,(H,23,24). The molecule has 0 aromatic heterocycles. The monoisotopic (exact) mass is 388 g/mol. The average Bonchev–Trinajstić information content (AvgIpc) is 3.22. The maximum atomic E-state index is 5.52. The fourth-order valence-corrected chi connectivity index (χ4v) is 4.61. The molecule has 0 radical (unpaired) electrons. The first-order valence-corrected chi connectivity index (χ1v) is 10.5. The Bertz CT molecular complexity index is 628. The summed E-state index contributed by atoms with van der Waals surface area (Å²) < 4.78 is 10.8. The number of hydrogen-bond donors (Lipinski definition) is 1. The molecular weight excluding hydrogens is 352 g/mol. The summed E-state index contributed by atoms with van der Waals surface area (Å²) in [7, 11) is 7.95. The molecular formula is C22H36N4O2. The van der Waals surface area contributed by atoms with E-state index in [-0.39, 0.29) is 0 Å². The smallest absolute Gasteiger partial charge is 0.193 e. The highest BCUT2D eigenvalue weighted by Crippen LogP contribution is 2.35. The number of nitrogens with zero attached hydrogens (tertiary/aromatic N) is 3. The van der Waals surface area contributed by atoms with E-state index < -0.39 is 0 Å². The molecule has 28 heavy (non-hydrogen) atoms. The van der Waals surface area contributed by atoms with Gasteiger partial charge < -0.3 is 19.7 Å². The minimum absolute atomic E-state index is 0.416. The van der Waals surface area contributed by atoms with Crippen molar-refractivity contribution in [1.82, 2.24) is 15.1 Å². The molecule has 1 aromatic rings. The molecule has 0 saturated carbocycles. The zero-order valence-electron chi connectivity index (χ0n) is 17.9. The van der Waals surface area contributed by atoms with Crippen LogP contribution in [0.1, 0.15) is 30.9 Å². The Labute approximate surface area is 169 Å². The van der Waals surface area contributed by atoms with Gasteiger partial charge in [0.25, 0.3) is 0 Å². The van der Waals surface area contributed by atoms with E-state index in [0.717, 1.165) is 51.0 Å². The first-order valence-electron chi connectivity index (χ1n) is 10.5. The van der Waals surface area contributed by atoms with Crippen LogP contribution >= 0.6 is 0 Å². The Balaban J connectivity index is 1.62. The molecule has 156 valence electrons. The number of likely N-dealkylation sites (tertiary alicyclic amines) is 1. The van der Waals surface area contributed by atoms with Gasteiger partial charge in [-0.15, -0.1) is 0 Å². The second-order valence-corrected chi connectivity index (χ2v) is 8.14. The third kappa shape index (κ3) is 5.17. The van der Waals surface area contributed by atoms with Crippen molar-refractivity contribution in [2.45, 2.75) is 25.3 Å². The Morgan fingerprint density at radius 1 is 1.32 bits per heavy atom. The number of rotatable bonds is 6. The van der Waals surface area contributed by atoms with Crippen LogP contribution in [-0.4, -0.2) is 76.9 Å². The Kier molecular flexibility index (Phi) is 7.57. The van der Waals surface area contributed by atoms with Crippen LogP contribution in [-0.2, 0) is 4.74 Å². The van der Waals surface area contributed by atoms with Crippen molar-refractivity contribution in [3.8, 4) is 5.75 Å². The highest BCUT2D eigenvalue weighted by molar-refractivity contribution is 5.79. The SMILES string of the molecule is CN=C(NCC1CCCN(C)C1c1ccc(OC)cc1)N(C)CC1CCOC1. The van der Waals surface area contributed by atoms with E-state index in [1.54, 1.807) is 7.11 Å². The highest BCUT2D eigenvalue weighted by Gasteiger charge is 2.31. The second kappa shape index (κ2) is 10.1. The van der Waals surface area contributed by atoms with Crippen molar-refractivity contribution in [3.63, 3.8) is 0 Å². The summed E-state index contributed by atoms with van der Waals surface area (Å²) in [5.41, 5.74) is 1.36. The molecule has 3 atom stereocenters. The fraction of sp³-hybridized carbons (Fsp3) is 0.682. The van der Waals surface area contributed by atoms with Gasteiger partial charge in [0.2, 0.25) is 0 Å². The summed E-state index contributed by atoms with van der Waals surface area (Å²) in [6, 6.07) is 8.97. The van der Waals surface area contributed by atoms with E-state index in [0.29, 0.717) is 17.9 Å². The molecule has 2 aliphatic heterocycles. The van der Waals surface area contributed by atoms with Crippen LogP contribution in [0.4, 0.5) is 0 Å². The first-order chi connectivity index (χ1) is 13.6. The van der Waals surface area contributed by atoms with Crippen LogP contribution in [0, 0.1) is 11.8 Å². The van der Waals surface area contributed by atoms with Crippen molar-refractivity contribution in [2.75, 3.05) is 61.1 Å². The molecule has 2 saturated heterocycles. The molecule has 3 rings (SSSR count). The number of hydrogen-bond acceptors (Lipinski definition) is 4. The Morgan fingerprint density at radius 2 is 2.11 bits per heavy atom. The predicted molar refractivity (Wildman–Crippen MR) is 114 cm³/mol. The van der Waals surface area contributed by atoms with Gasteiger partial charge in [-0.05, 0) is 56.5 Å². The molecule has 0 aliphatic carbocycles. The molecule has 2 aliphatic rings. The van der Waals surface area contributed by atoms with Gasteiger partial charge in [-0.2, -0.15) is 0 Å². The lowest BCUT2D eigenvalue weighted by Crippen LogP contribution is -2.46. The maximum absolute atomic E-state index is 5.52. The quantitative estimate of drug-likeness (QED) is 0.600. The zero-order chi connectivity index (χ0) is 19.9. The molecule has 0 bridgehead atoms. The third-order valence-electron chi connectivity index (χ3n) is 6.12. The summed E-state index contributed by atoms with van der Waals surface area (Å²) in [5, 5.41) is 3.64. The van der Waals surface area contributed by atoms with Crippen LogP contribution in [0.5, 0.6) is 5.75 Å². The van der Waals surface area contributed by atoms with Gasteiger partial charge in [0.1, 0.15) is 5.75 Å². The van der Waals surface area contributed by atoms with Gasteiger partial charge in [-0.1, -0.05) is 12.1 Å². The number of guanidine groups is 1. The lowest BCUT2D eigenvalue weighted by Gasteiger charge is -2.40. The molecule has 2 heterocycles. The van der Waals surface area contributed by atoms with E-state index in [9.17, 15) is 0 Å².